The summed E-state index contributed by atoms with van der Waals surface area (Å²) in [6.45, 7) is 5.91. The summed E-state index contributed by atoms with van der Waals surface area (Å²) >= 11 is 0. The third kappa shape index (κ3) is 5.34. The van der Waals surface area contributed by atoms with Crippen LogP contribution in [0.5, 0.6) is 5.88 Å². The van der Waals surface area contributed by atoms with Crippen molar-refractivity contribution in [2.24, 2.45) is 0 Å². The first kappa shape index (κ1) is 17.4. The highest BCUT2D eigenvalue weighted by molar-refractivity contribution is 5.92. The molecular weight excluding hydrogens is 268 g/mol. The van der Waals surface area contributed by atoms with Crippen LogP contribution in [0.1, 0.15) is 51.5 Å². The Hall–Kier alpha value is -1.62. The number of methoxy groups -OCH3 is 1. The second kappa shape index (κ2) is 7.98. The Labute approximate surface area is 126 Å². The fraction of sp³-hybridized carbons (Fsp3) is 0.625. The minimum Gasteiger partial charge on any atom is -0.480 e. The van der Waals surface area contributed by atoms with E-state index in [1.165, 1.54) is 7.11 Å². The molecule has 0 radical (unpaired) electrons. The van der Waals surface area contributed by atoms with Crippen molar-refractivity contribution >= 4 is 11.6 Å². The van der Waals surface area contributed by atoms with E-state index >= 15 is 0 Å². The molecule has 1 aromatic rings. The second-order valence-electron chi connectivity index (χ2n) is 5.52. The molecule has 0 bridgehead atoms. The summed E-state index contributed by atoms with van der Waals surface area (Å²) in [5, 5.41) is 13.3. The Kier molecular flexibility index (Phi) is 6.62. The molecule has 0 aliphatic carbocycles. The number of hydrogen-bond donors (Lipinski definition) is 2. The number of amides is 1. The van der Waals surface area contributed by atoms with Gasteiger partial charge in [0.25, 0.3) is 0 Å². The van der Waals surface area contributed by atoms with Gasteiger partial charge in [-0.3, -0.25) is 4.79 Å². The van der Waals surface area contributed by atoms with Crippen LogP contribution in [-0.4, -0.2) is 28.7 Å². The molecule has 1 heterocycles. The number of carbonyl (C=O) groups is 1. The van der Waals surface area contributed by atoms with Gasteiger partial charge in [-0.15, -0.1) is 0 Å². The fourth-order valence-electron chi connectivity index (χ4n) is 2.53. The van der Waals surface area contributed by atoms with Gasteiger partial charge in [0.05, 0.1) is 19.1 Å². The van der Waals surface area contributed by atoms with Gasteiger partial charge in [0.2, 0.25) is 11.8 Å². The number of rotatable bonds is 8. The maximum Gasteiger partial charge on any atom is 0.237 e. The highest BCUT2D eigenvalue weighted by atomic mass is 16.5. The molecule has 1 amide bonds. The van der Waals surface area contributed by atoms with Gasteiger partial charge in [-0.25, -0.2) is 4.98 Å². The highest BCUT2D eigenvalue weighted by Crippen LogP contribution is 2.26. The maximum atomic E-state index is 12.2. The molecule has 0 saturated heterocycles. The molecule has 0 spiro atoms. The average molecular weight is 294 g/mol. The van der Waals surface area contributed by atoms with Crippen LogP contribution in [0.3, 0.4) is 0 Å². The molecule has 0 unspecified atom stereocenters. The van der Waals surface area contributed by atoms with Gasteiger partial charge in [-0.1, -0.05) is 26.7 Å². The number of aromatic nitrogens is 1. The zero-order chi connectivity index (χ0) is 15.9. The van der Waals surface area contributed by atoms with Crippen molar-refractivity contribution in [2.75, 3.05) is 12.4 Å². The van der Waals surface area contributed by atoms with Gasteiger partial charge in [0.1, 0.15) is 5.69 Å². The fourth-order valence-corrected chi connectivity index (χ4v) is 2.53. The third-order valence-electron chi connectivity index (χ3n) is 3.38. The van der Waals surface area contributed by atoms with Crippen molar-refractivity contribution in [1.82, 2.24) is 4.98 Å². The van der Waals surface area contributed by atoms with Crippen molar-refractivity contribution in [3.05, 3.63) is 17.8 Å². The molecule has 118 valence electrons. The van der Waals surface area contributed by atoms with E-state index in [-0.39, 0.29) is 12.3 Å². The van der Waals surface area contributed by atoms with Gasteiger partial charge < -0.3 is 15.2 Å². The largest absolute Gasteiger partial charge is 0.480 e. The number of nitrogens with one attached hydrogen (secondary N) is 1. The summed E-state index contributed by atoms with van der Waals surface area (Å²) in [4.78, 5) is 16.3. The van der Waals surface area contributed by atoms with Gasteiger partial charge in [0, 0.05) is 6.20 Å². The second-order valence-corrected chi connectivity index (χ2v) is 5.52. The summed E-state index contributed by atoms with van der Waals surface area (Å²) in [5.74, 6) is 0.161. The van der Waals surface area contributed by atoms with E-state index in [9.17, 15) is 9.90 Å². The Bertz CT molecular complexity index is 469. The summed E-state index contributed by atoms with van der Waals surface area (Å²) in [6.07, 6.45) is 4.71. The van der Waals surface area contributed by atoms with Crippen LogP contribution >= 0.6 is 0 Å². The number of carbonyl (C=O) groups excluding carboxylic acids is 1. The minimum absolute atomic E-state index is 0.0891. The first-order chi connectivity index (χ1) is 9.94. The van der Waals surface area contributed by atoms with E-state index in [2.05, 4.69) is 10.3 Å². The van der Waals surface area contributed by atoms with Crippen LogP contribution in [-0.2, 0) is 4.79 Å². The number of nitrogens with zero attached hydrogens (tertiary/aromatic N) is 1. The van der Waals surface area contributed by atoms with Crippen LogP contribution < -0.4 is 10.1 Å². The zero-order valence-electron chi connectivity index (χ0n) is 13.4. The lowest BCUT2D eigenvalue weighted by molar-refractivity contribution is -0.121. The lowest BCUT2D eigenvalue weighted by atomic mass is 9.89. The van der Waals surface area contributed by atoms with Crippen LogP contribution in [0, 0.1) is 6.92 Å². The average Bonchev–Trinajstić information content (AvgIpc) is 2.38. The van der Waals surface area contributed by atoms with Crippen molar-refractivity contribution < 1.29 is 14.6 Å². The molecule has 21 heavy (non-hydrogen) atoms. The third-order valence-corrected chi connectivity index (χ3v) is 3.38. The quantitative estimate of drug-likeness (QED) is 0.773. The number of aryl methyl sites for hydroxylation is 1. The molecular formula is C16H26N2O3. The predicted octanol–water partition coefficient (Wildman–Crippen LogP) is 3.06. The smallest absolute Gasteiger partial charge is 0.237 e. The standard InChI is InChI=1S/C16H26N2O3/c1-5-7-16(20,8-6-2)10-14(19)18-13-9-12(3)11-17-15(13)21-4/h9,11,20H,5-8,10H2,1-4H3,(H,18,19). The Morgan fingerprint density at radius 2 is 2.00 bits per heavy atom. The topological polar surface area (TPSA) is 71.5 Å². The highest BCUT2D eigenvalue weighted by Gasteiger charge is 2.28. The van der Waals surface area contributed by atoms with Gasteiger partial charge >= 0.3 is 0 Å². The van der Waals surface area contributed by atoms with Crippen LogP contribution in [0.15, 0.2) is 12.3 Å². The molecule has 0 saturated carbocycles. The molecule has 1 aromatic heterocycles. The summed E-state index contributed by atoms with van der Waals surface area (Å²) in [6, 6.07) is 1.81. The number of pyridine rings is 1. The van der Waals surface area contributed by atoms with E-state index in [0.29, 0.717) is 24.4 Å². The Morgan fingerprint density at radius 3 is 2.52 bits per heavy atom. The van der Waals surface area contributed by atoms with Crippen molar-refractivity contribution in [2.45, 2.75) is 58.5 Å². The molecule has 0 aliphatic heterocycles. The van der Waals surface area contributed by atoms with E-state index in [1.807, 2.05) is 26.8 Å². The van der Waals surface area contributed by atoms with Gasteiger partial charge in [-0.05, 0) is 31.4 Å². The van der Waals surface area contributed by atoms with Gasteiger partial charge in [-0.2, -0.15) is 0 Å². The number of ether oxygens (including phenoxy) is 1. The molecule has 5 heteroatoms. The zero-order valence-corrected chi connectivity index (χ0v) is 13.4. The predicted molar refractivity (Wildman–Crippen MR) is 83.5 cm³/mol. The first-order valence-electron chi connectivity index (χ1n) is 7.47. The lowest BCUT2D eigenvalue weighted by Gasteiger charge is -2.26. The van der Waals surface area contributed by atoms with Crippen molar-refractivity contribution in [3.63, 3.8) is 0 Å². The molecule has 0 atom stereocenters. The Morgan fingerprint density at radius 1 is 1.38 bits per heavy atom. The van der Waals surface area contributed by atoms with E-state index in [1.54, 1.807) is 6.20 Å². The van der Waals surface area contributed by atoms with Crippen LogP contribution in [0.2, 0.25) is 0 Å². The molecule has 0 fully saturated rings. The SMILES string of the molecule is CCCC(O)(CCC)CC(=O)Nc1cc(C)cnc1OC. The van der Waals surface area contributed by atoms with Crippen molar-refractivity contribution in [3.8, 4) is 5.88 Å². The van der Waals surface area contributed by atoms with E-state index in [4.69, 9.17) is 4.74 Å². The summed E-state index contributed by atoms with van der Waals surface area (Å²) in [5.41, 5.74) is 0.541. The molecule has 0 aromatic carbocycles. The van der Waals surface area contributed by atoms with E-state index in [0.717, 1.165) is 18.4 Å². The summed E-state index contributed by atoms with van der Waals surface area (Å²) < 4.78 is 5.14. The Balaban J connectivity index is 2.78. The summed E-state index contributed by atoms with van der Waals surface area (Å²) in [7, 11) is 1.51. The number of anilines is 1. The maximum absolute atomic E-state index is 12.2. The normalized spacial score (nSPS) is 11.3. The van der Waals surface area contributed by atoms with Crippen LogP contribution in [0.4, 0.5) is 5.69 Å². The molecule has 0 aliphatic rings. The van der Waals surface area contributed by atoms with Gasteiger partial charge in [0.15, 0.2) is 0 Å². The number of hydrogen-bond acceptors (Lipinski definition) is 4. The van der Waals surface area contributed by atoms with Crippen molar-refractivity contribution in [1.29, 1.82) is 0 Å². The lowest BCUT2D eigenvalue weighted by Crippen LogP contribution is -2.33. The minimum atomic E-state index is -0.932. The monoisotopic (exact) mass is 294 g/mol. The molecule has 5 nitrogen and oxygen atoms in total. The number of aliphatic hydroxyl groups is 1. The first-order valence-corrected chi connectivity index (χ1v) is 7.47. The van der Waals surface area contributed by atoms with E-state index < -0.39 is 5.60 Å². The molecule has 2 N–H and O–H groups in total. The molecule has 1 rings (SSSR count). The van der Waals surface area contributed by atoms with Crippen LogP contribution in [0.25, 0.3) is 0 Å².